The van der Waals surface area contributed by atoms with Crippen molar-refractivity contribution in [2.45, 2.75) is 84.0 Å². The first-order chi connectivity index (χ1) is 11.9. The molecule has 24 heavy (non-hydrogen) atoms. The van der Waals surface area contributed by atoms with Crippen molar-refractivity contribution in [3.05, 3.63) is 0 Å². The molecule has 146 valence electrons. The van der Waals surface area contributed by atoms with E-state index in [1.807, 2.05) is 0 Å². The third-order valence-corrected chi connectivity index (χ3v) is 4.15. The molecule has 0 bridgehead atoms. The Labute approximate surface area is 150 Å². The highest BCUT2D eigenvalue weighted by atomic mass is 16.5. The second kappa shape index (κ2) is 22.8. The summed E-state index contributed by atoms with van der Waals surface area (Å²) in [6.07, 6.45) is 16.6. The normalized spacial score (nSPS) is 11.2. The van der Waals surface area contributed by atoms with Gasteiger partial charge in [0, 0.05) is 13.2 Å². The number of nitrogens with two attached hydrogens (primary N) is 1. The van der Waals surface area contributed by atoms with Crippen LogP contribution in [0, 0.1) is 0 Å². The van der Waals surface area contributed by atoms with E-state index in [2.05, 4.69) is 6.92 Å². The molecule has 2 N–H and O–H groups in total. The minimum absolute atomic E-state index is 0.572. The summed E-state index contributed by atoms with van der Waals surface area (Å²) in [6, 6.07) is 0. The molecule has 0 unspecified atom stereocenters. The van der Waals surface area contributed by atoms with Crippen LogP contribution >= 0.6 is 0 Å². The molecule has 0 aliphatic heterocycles. The van der Waals surface area contributed by atoms with Crippen LogP contribution in [0.15, 0.2) is 0 Å². The topological polar surface area (TPSA) is 53.7 Å². The number of hydrogen-bond acceptors (Lipinski definition) is 4. The minimum atomic E-state index is 0.572. The lowest BCUT2D eigenvalue weighted by atomic mass is 10.1. The van der Waals surface area contributed by atoms with Gasteiger partial charge in [0.2, 0.25) is 0 Å². The van der Waals surface area contributed by atoms with Crippen LogP contribution in [0.5, 0.6) is 0 Å². The Morgan fingerprint density at radius 1 is 0.458 bits per heavy atom. The Hall–Kier alpha value is -0.160. The van der Waals surface area contributed by atoms with Gasteiger partial charge in [-0.2, -0.15) is 0 Å². The first kappa shape index (κ1) is 23.8. The fraction of sp³-hybridized carbons (Fsp3) is 1.00. The van der Waals surface area contributed by atoms with Gasteiger partial charge in [-0.25, -0.2) is 0 Å². The Balaban J connectivity index is 2.93. The lowest BCUT2D eigenvalue weighted by Gasteiger charge is -2.06. The summed E-state index contributed by atoms with van der Waals surface area (Å²) in [7, 11) is 0. The summed E-state index contributed by atoms with van der Waals surface area (Å²) in [5, 5.41) is 0. The zero-order valence-electron chi connectivity index (χ0n) is 16.2. The predicted octanol–water partition coefficient (Wildman–Crippen LogP) is 4.70. The average Bonchev–Trinajstić information content (AvgIpc) is 2.60. The first-order valence-electron chi connectivity index (χ1n) is 10.3. The molecule has 0 rings (SSSR count). The van der Waals surface area contributed by atoms with Crippen LogP contribution in [0.2, 0.25) is 0 Å². The van der Waals surface area contributed by atoms with Crippen LogP contribution in [0.4, 0.5) is 0 Å². The molecule has 0 heterocycles. The zero-order valence-corrected chi connectivity index (χ0v) is 16.2. The summed E-state index contributed by atoms with van der Waals surface area (Å²) in [6.45, 7) is 6.92. The van der Waals surface area contributed by atoms with E-state index in [4.69, 9.17) is 19.9 Å². The molecule has 0 aliphatic carbocycles. The van der Waals surface area contributed by atoms with E-state index in [0.29, 0.717) is 39.6 Å². The van der Waals surface area contributed by atoms with Crippen LogP contribution in [0.25, 0.3) is 0 Å². The second-order valence-corrected chi connectivity index (χ2v) is 6.51. The monoisotopic (exact) mass is 345 g/mol. The Morgan fingerprint density at radius 2 is 0.833 bits per heavy atom. The number of rotatable bonds is 21. The van der Waals surface area contributed by atoms with Crippen molar-refractivity contribution in [3.63, 3.8) is 0 Å². The third kappa shape index (κ3) is 21.8. The van der Waals surface area contributed by atoms with E-state index in [9.17, 15) is 0 Å². The van der Waals surface area contributed by atoms with Crippen molar-refractivity contribution in [1.82, 2.24) is 0 Å². The zero-order chi connectivity index (χ0) is 17.6. The maximum Gasteiger partial charge on any atom is 0.0701 e. The van der Waals surface area contributed by atoms with Crippen LogP contribution in [-0.4, -0.2) is 46.2 Å². The lowest BCUT2D eigenvalue weighted by Crippen LogP contribution is -2.13. The second-order valence-electron chi connectivity index (χ2n) is 6.51. The first-order valence-corrected chi connectivity index (χ1v) is 10.3. The number of unbranched alkanes of at least 4 members (excludes halogenated alkanes) is 11. The summed E-state index contributed by atoms with van der Waals surface area (Å²) >= 11 is 0. The van der Waals surface area contributed by atoms with Gasteiger partial charge in [0.15, 0.2) is 0 Å². The molecule has 0 atom stereocenters. The van der Waals surface area contributed by atoms with Crippen LogP contribution in [0.3, 0.4) is 0 Å². The van der Waals surface area contributed by atoms with Gasteiger partial charge in [-0.15, -0.1) is 0 Å². The van der Waals surface area contributed by atoms with Gasteiger partial charge < -0.3 is 19.9 Å². The van der Waals surface area contributed by atoms with E-state index in [1.165, 1.54) is 77.0 Å². The third-order valence-electron chi connectivity index (χ3n) is 4.15. The average molecular weight is 346 g/mol. The number of hydrogen-bond donors (Lipinski definition) is 1. The molecule has 0 saturated heterocycles. The van der Waals surface area contributed by atoms with Gasteiger partial charge in [0.1, 0.15) is 0 Å². The largest absolute Gasteiger partial charge is 0.379 e. The van der Waals surface area contributed by atoms with E-state index in [-0.39, 0.29) is 0 Å². The van der Waals surface area contributed by atoms with Gasteiger partial charge in [-0.05, 0) is 6.42 Å². The highest BCUT2D eigenvalue weighted by molar-refractivity contribution is 4.48. The minimum Gasteiger partial charge on any atom is -0.379 e. The predicted molar refractivity (Wildman–Crippen MR) is 103 cm³/mol. The van der Waals surface area contributed by atoms with Crippen molar-refractivity contribution < 1.29 is 14.2 Å². The summed E-state index contributed by atoms with van der Waals surface area (Å²) in [4.78, 5) is 0. The molecule has 0 spiro atoms. The van der Waals surface area contributed by atoms with E-state index < -0.39 is 0 Å². The molecular formula is C20H43NO3. The number of ether oxygens (including phenoxy) is 3. The van der Waals surface area contributed by atoms with Crippen LogP contribution in [0.1, 0.15) is 84.0 Å². The SMILES string of the molecule is CCCCCCCCCCCCCCOCCOCCOCCN. The van der Waals surface area contributed by atoms with E-state index >= 15 is 0 Å². The Morgan fingerprint density at radius 3 is 1.29 bits per heavy atom. The molecule has 0 aliphatic rings. The van der Waals surface area contributed by atoms with E-state index in [0.717, 1.165) is 6.61 Å². The molecule has 0 fully saturated rings. The van der Waals surface area contributed by atoms with Crippen LogP contribution < -0.4 is 5.73 Å². The molecule has 4 heteroatoms. The van der Waals surface area contributed by atoms with Gasteiger partial charge in [0.25, 0.3) is 0 Å². The van der Waals surface area contributed by atoms with E-state index in [1.54, 1.807) is 0 Å². The van der Waals surface area contributed by atoms with Crippen molar-refractivity contribution >= 4 is 0 Å². The molecule has 0 aromatic heterocycles. The standard InChI is InChI=1S/C20H43NO3/c1-2-3-4-5-6-7-8-9-10-11-12-13-15-22-17-19-24-20-18-23-16-14-21/h2-21H2,1H3. The smallest absolute Gasteiger partial charge is 0.0701 e. The summed E-state index contributed by atoms with van der Waals surface area (Å²) < 4.78 is 16.2. The molecule has 0 saturated carbocycles. The van der Waals surface area contributed by atoms with Crippen molar-refractivity contribution in [2.24, 2.45) is 5.73 Å². The van der Waals surface area contributed by atoms with Crippen molar-refractivity contribution in [1.29, 1.82) is 0 Å². The molecule has 0 radical (unpaired) electrons. The highest BCUT2D eigenvalue weighted by Crippen LogP contribution is 2.11. The summed E-state index contributed by atoms with van der Waals surface area (Å²) in [5.74, 6) is 0. The van der Waals surface area contributed by atoms with Crippen LogP contribution in [-0.2, 0) is 14.2 Å². The van der Waals surface area contributed by atoms with Crippen molar-refractivity contribution in [3.8, 4) is 0 Å². The highest BCUT2D eigenvalue weighted by Gasteiger charge is 1.94. The van der Waals surface area contributed by atoms with Gasteiger partial charge in [-0.3, -0.25) is 0 Å². The molecule has 4 nitrogen and oxygen atoms in total. The van der Waals surface area contributed by atoms with Gasteiger partial charge in [0.05, 0.1) is 33.0 Å². The maximum absolute atomic E-state index is 5.57. The van der Waals surface area contributed by atoms with Gasteiger partial charge >= 0.3 is 0 Å². The Kier molecular flexibility index (Phi) is 22.7. The summed E-state index contributed by atoms with van der Waals surface area (Å²) in [5.41, 5.74) is 5.32. The maximum atomic E-state index is 5.57. The quantitative estimate of drug-likeness (QED) is 0.306. The molecule has 0 amide bonds. The van der Waals surface area contributed by atoms with Crippen molar-refractivity contribution in [2.75, 3.05) is 46.2 Å². The lowest BCUT2D eigenvalue weighted by molar-refractivity contribution is 0.0153. The Bertz CT molecular complexity index is 193. The molecule has 0 aromatic rings. The molecular weight excluding hydrogens is 302 g/mol. The fourth-order valence-electron chi connectivity index (χ4n) is 2.67. The molecule has 0 aromatic carbocycles. The fourth-order valence-corrected chi connectivity index (χ4v) is 2.67. The van der Waals surface area contributed by atoms with Gasteiger partial charge in [-0.1, -0.05) is 77.6 Å².